The van der Waals surface area contributed by atoms with Crippen LogP contribution in [-0.4, -0.2) is 43.2 Å². The van der Waals surface area contributed by atoms with Gasteiger partial charge in [-0.2, -0.15) is 0 Å². The Morgan fingerprint density at radius 3 is 2.36 bits per heavy atom. The Morgan fingerprint density at radius 2 is 2.14 bits per heavy atom. The summed E-state index contributed by atoms with van der Waals surface area (Å²) >= 11 is 0. The summed E-state index contributed by atoms with van der Waals surface area (Å²) < 4.78 is 13.2. The van der Waals surface area contributed by atoms with E-state index in [-0.39, 0.29) is 19.2 Å². The van der Waals surface area contributed by atoms with Gasteiger partial charge in [0.1, 0.15) is 6.61 Å². The molecule has 0 aromatic rings. The van der Waals surface area contributed by atoms with E-state index in [0.29, 0.717) is 13.0 Å². The maximum Gasteiger partial charge on any atom is 0.508 e. The molecule has 0 aromatic carbocycles. The molecule has 1 atom stereocenters. The van der Waals surface area contributed by atoms with Crippen LogP contribution < -0.4 is 0 Å². The smallest absolute Gasteiger partial charge is 0.466 e. The highest BCUT2D eigenvalue weighted by Crippen LogP contribution is 2.03. The van der Waals surface area contributed by atoms with E-state index >= 15 is 0 Å². The van der Waals surface area contributed by atoms with Crippen molar-refractivity contribution in [2.75, 3.05) is 19.8 Å². The van der Waals surface area contributed by atoms with Crippen molar-refractivity contribution < 1.29 is 28.9 Å². The van der Waals surface area contributed by atoms with Crippen LogP contribution in [0.25, 0.3) is 0 Å². The lowest BCUT2D eigenvalue weighted by atomic mass is 10.4. The van der Waals surface area contributed by atoms with E-state index in [1.165, 1.54) is 0 Å². The van der Waals surface area contributed by atoms with E-state index in [2.05, 4.69) is 14.2 Å². The van der Waals surface area contributed by atoms with Crippen LogP contribution in [0.3, 0.4) is 0 Å². The number of carbonyl (C=O) groups excluding carboxylic acids is 2. The molecule has 0 bridgehead atoms. The lowest BCUT2D eigenvalue weighted by Crippen LogP contribution is -2.14. The highest BCUT2D eigenvalue weighted by Gasteiger charge is 2.23. The predicted molar refractivity (Wildman–Crippen MR) is 43.5 cm³/mol. The van der Waals surface area contributed by atoms with Crippen molar-refractivity contribution in [1.82, 2.24) is 0 Å². The van der Waals surface area contributed by atoms with Gasteiger partial charge in [-0.25, -0.2) is 4.79 Å². The molecule has 14 heavy (non-hydrogen) atoms. The summed E-state index contributed by atoms with van der Waals surface area (Å²) in [5, 5.41) is 8.33. The second-order valence-electron chi connectivity index (χ2n) is 2.81. The summed E-state index contributed by atoms with van der Waals surface area (Å²) in [6, 6.07) is 0. The Labute approximate surface area is 80.7 Å². The van der Waals surface area contributed by atoms with Crippen molar-refractivity contribution >= 4 is 12.1 Å². The summed E-state index contributed by atoms with van der Waals surface area (Å²) in [5.74, 6) is -0.0463. The highest BCUT2D eigenvalue weighted by atomic mass is 16.8. The van der Waals surface area contributed by atoms with Gasteiger partial charge in [0.2, 0.25) is 0 Å². The van der Waals surface area contributed by atoms with Crippen molar-refractivity contribution in [3.05, 3.63) is 0 Å². The molecule has 2 heterocycles. The minimum atomic E-state index is -0.691. The Kier molecular flexibility index (Phi) is 4.18. The molecule has 2 aliphatic heterocycles. The number of hydrogen-bond acceptors (Lipinski definition) is 6. The van der Waals surface area contributed by atoms with Gasteiger partial charge in [0, 0.05) is 6.42 Å². The molecule has 6 nitrogen and oxygen atoms in total. The quantitative estimate of drug-likeness (QED) is 0.597. The topological polar surface area (TPSA) is 82.1 Å². The van der Waals surface area contributed by atoms with Gasteiger partial charge in [0.05, 0.1) is 13.2 Å². The molecule has 0 aliphatic carbocycles. The summed E-state index contributed by atoms with van der Waals surface area (Å²) in [6.07, 6.45) is 0.408. The first kappa shape index (κ1) is 10.8. The second-order valence-corrected chi connectivity index (χ2v) is 2.81. The van der Waals surface area contributed by atoms with E-state index < -0.39 is 12.3 Å². The molecule has 80 valence electrons. The van der Waals surface area contributed by atoms with Crippen LogP contribution in [0.4, 0.5) is 4.79 Å². The summed E-state index contributed by atoms with van der Waals surface area (Å²) in [5.41, 5.74) is 0. The lowest BCUT2D eigenvalue weighted by molar-refractivity contribution is -0.137. The van der Waals surface area contributed by atoms with E-state index in [1.807, 2.05) is 0 Å². The van der Waals surface area contributed by atoms with Crippen molar-refractivity contribution in [3.63, 3.8) is 0 Å². The van der Waals surface area contributed by atoms with E-state index in [9.17, 15) is 9.59 Å². The van der Waals surface area contributed by atoms with Crippen LogP contribution in [0, 0.1) is 0 Å². The fraction of sp³-hybridized carbons (Fsp3) is 0.750. The number of cyclic esters (lactones) is 3. The molecule has 1 unspecified atom stereocenters. The van der Waals surface area contributed by atoms with Crippen LogP contribution in [0.1, 0.15) is 12.8 Å². The Balaban J connectivity index is 0.000000146. The third-order valence-electron chi connectivity index (χ3n) is 1.64. The van der Waals surface area contributed by atoms with Crippen LogP contribution in [0.15, 0.2) is 0 Å². The minimum absolute atomic E-state index is 0.0463. The van der Waals surface area contributed by atoms with Crippen molar-refractivity contribution in [2.45, 2.75) is 18.9 Å². The highest BCUT2D eigenvalue weighted by molar-refractivity contribution is 5.70. The second kappa shape index (κ2) is 5.43. The van der Waals surface area contributed by atoms with Gasteiger partial charge in [0.15, 0.2) is 6.10 Å². The fourth-order valence-corrected chi connectivity index (χ4v) is 0.930. The lowest BCUT2D eigenvalue weighted by Gasteiger charge is -1.96. The SMILES string of the molecule is O=C1CCCO1.O=C1OCC(CO)O1. The molecule has 0 aromatic heterocycles. The van der Waals surface area contributed by atoms with Gasteiger partial charge in [-0.15, -0.1) is 0 Å². The van der Waals surface area contributed by atoms with Crippen molar-refractivity contribution in [1.29, 1.82) is 0 Å². The number of ether oxygens (including phenoxy) is 3. The van der Waals surface area contributed by atoms with Gasteiger partial charge in [-0.1, -0.05) is 0 Å². The number of carbonyl (C=O) groups is 2. The van der Waals surface area contributed by atoms with E-state index in [0.717, 1.165) is 6.42 Å². The Morgan fingerprint density at radius 1 is 1.36 bits per heavy atom. The van der Waals surface area contributed by atoms with Crippen LogP contribution in [-0.2, 0) is 19.0 Å². The Bertz CT molecular complexity index is 206. The largest absolute Gasteiger partial charge is 0.508 e. The van der Waals surface area contributed by atoms with E-state index in [4.69, 9.17) is 5.11 Å². The first-order valence-corrected chi connectivity index (χ1v) is 4.32. The zero-order chi connectivity index (χ0) is 10.4. The molecule has 2 fully saturated rings. The molecule has 0 radical (unpaired) electrons. The number of aliphatic hydroxyl groups excluding tert-OH is 1. The summed E-state index contributed by atoms with van der Waals surface area (Å²) in [6.45, 7) is 0.653. The van der Waals surface area contributed by atoms with Crippen molar-refractivity contribution in [3.8, 4) is 0 Å². The van der Waals surface area contributed by atoms with Gasteiger partial charge < -0.3 is 19.3 Å². The third kappa shape index (κ3) is 3.61. The zero-order valence-electron chi connectivity index (χ0n) is 7.60. The molecule has 2 rings (SSSR count). The predicted octanol–water partition coefficient (Wildman–Crippen LogP) is -0.162. The molecule has 0 saturated carbocycles. The molecule has 0 spiro atoms. The maximum absolute atomic E-state index is 10.1. The summed E-state index contributed by atoms with van der Waals surface area (Å²) in [7, 11) is 0. The van der Waals surface area contributed by atoms with Crippen LogP contribution >= 0.6 is 0 Å². The first-order chi connectivity index (χ1) is 6.72. The standard InChI is InChI=1S/C4H6O4.C4H6O2/c5-1-3-2-7-4(6)8-3;5-4-2-1-3-6-4/h3,5H,1-2H2;1-3H2. The molecule has 1 N–H and O–H groups in total. The summed E-state index contributed by atoms with van der Waals surface area (Å²) in [4.78, 5) is 20.1. The number of aliphatic hydroxyl groups is 1. The fourth-order valence-electron chi connectivity index (χ4n) is 0.930. The number of hydrogen-bond donors (Lipinski definition) is 1. The minimum Gasteiger partial charge on any atom is -0.466 e. The third-order valence-corrected chi connectivity index (χ3v) is 1.64. The molecular formula is C8H12O6. The molecule has 0 amide bonds. The average molecular weight is 204 g/mol. The molecule has 2 saturated heterocycles. The molecule has 2 aliphatic rings. The monoisotopic (exact) mass is 204 g/mol. The maximum atomic E-state index is 10.1. The van der Waals surface area contributed by atoms with Gasteiger partial charge in [-0.3, -0.25) is 4.79 Å². The molecule has 6 heteroatoms. The molecular weight excluding hydrogens is 192 g/mol. The van der Waals surface area contributed by atoms with Gasteiger partial charge >= 0.3 is 12.1 Å². The van der Waals surface area contributed by atoms with E-state index in [1.54, 1.807) is 0 Å². The van der Waals surface area contributed by atoms with Crippen molar-refractivity contribution in [2.24, 2.45) is 0 Å². The van der Waals surface area contributed by atoms with Gasteiger partial charge in [0.25, 0.3) is 0 Å². The first-order valence-electron chi connectivity index (χ1n) is 4.32. The average Bonchev–Trinajstić information content (AvgIpc) is 2.77. The van der Waals surface area contributed by atoms with Gasteiger partial charge in [-0.05, 0) is 6.42 Å². The van der Waals surface area contributed by atoms with Crippen LogP contribution in [0.2, 0.25) is 0 Å². The normalized spacial score (nSPS) is 24.5. The number of rotatable bonds is 1. The van der Waals surface area contributed by atoms with Crippen LogP contribution in [0.5, 0.6) is 0 Å². The number of esters is 1. The zero-order valence-corrected chi connectivity index (χ0v) is 7.60. The Hall–Kier alpha value is -1.30.